The number of nitrogens with one attached hydrogen (secondary N) is 1. The van der Waals surface area contributed by atoms with Crippen LogP contribution in [-0.4, -0.2) is 26.6 Å². The van der Waals surface area contributed by atoms with Gasteiger partial charge in [-0.2, -0.15) is 0 Å². The normalized spacial score (nSPS) is 10.8. The third-order valence-electron chi connectivity index (χ3n) is 5.14. The van der Waals surface area contributed by atoms with Crippen LogP contribution in [0.3, 0.4) is 0 Å². The average Bonchev–Trinajstić information content (AvgIpc) is 3.56. The third-order valence-corrected chi connectivity index (χ3v) is 6.73. The number of benzene rings is 3. The van der Waals surface area contributed by atoms with Crippen molar-refractivity contribution < 1.29 is 14.1 Å². The van der Waals surface area contributed by atoms with Crippen LogP contribution in [0.1, 0.15) is 0 Å². The average molecular weight is 515 g/mol. The van der Waals surface area contributed by atoms with Crippen molar-refractivity contribution in [2.45, 2.75) is 5.22 Å². The Bertz CT molecular complexity index is 1440. The Morgan fingerprint density at radius 1 is 0.917 bits per heavy atom. The van der Waals surface area contributed by atoms with Gasteiger partial charge in [0, 0.05) is 34.2 Å². The zero-order valence-electron chi connectivity index (χ0n) is 18.7. The van der Waals surface area contributed by atoms with Crippen LogP contribution in [0.25, 0.3) is 33.8 Å². The number of carbonyl (C=O) groups excluding carboxylic acids is 1. The minimum Gasteiger partial charge on any atom is -0.431 e. The van der Waals surface area contributed by atoms with Crippen LogP contribution in [0.4, 0.5) is 10.8 Å². The molecule has 10 heteroatoms. The van der Waals surface area contributed by atoms with Crippen molar-refractivity contribution in [2.24, 2.45) is 0 Å². The molecule has 36 heavy (non-hydrogen) atoms. The largest absolute Gasteiger partial charge is 0.431 e. The fraction of sp³-hybridized carbons (Fsp3) is 0.0385. The molecular formula is C26H18N4O4S2. The first kappa shape index (κ1) is 23.5. The van der Waals surface area contributed by atoms with Crippen molar-refractivity contribution >= 4 is 39.8 Å². The molecule has 3 aromatic carbocycles. The van der Waals surface area contributed by atoms with Crippen LogP contribution in [0.5, 0.6) is 0 Å². The quantitative estimate of drug-likeness (QED) is 0.138. The van der Waals surface area contributed by atoms with E-state index >= 15 is 0 Å². The molecule has 0 saturated heterocycles. The van der Waals surface area contributed by atoms with E-state index in [1.807, 2.05) is 60.7 Å². The Labute approximate surface area is 214 Å². The minimum atomic E-state index is -0.451. The van der Waals surface area contributed by atoms with E-state index in [0.717, 1.165) is 22.4 Å². The number of hydrogen-bond acceptors (Lipinski definition) is 8. The van der Waals surface area contributed by atoms with Crippen molar-refractivity contribution in [3.05, 3.63) is 100 Å². The second-order valence-corrected chi connectivity index (χ2v) is 9.35. The van der Waals surface area contributed by atoms with Gasteiger partial charge in [-0.15, -0.1) is 11.3 Å². The van der Waals surface area contributed by atoms with Gasteiger partial charge in [0.05, 0.1) is 16.4 Å². The van der Waals surface area contributed by atoms with Gasteiger partial charge in [0.25, 0.3) is 10.9 Å². The fourth-order valence-electron chi connectivity index (χ4n) is 3.44. The number of hydrogen-bond donors (Lipinski definition) is 1. The first-order chi connectivity index (χ1) is 17.6. The maximum absolute atomic E-state index is 12.6. The van der Waals surface area contributed by atoms with Crippen molar-refractivity contribution in [2.75, 3.05) is 11.1 Å². The van der Waals surface area contributed by atoms with Crippen LogP contribution in [0, 0.1) is 10.1 Å². The molecule has 8 nitrogen and oxygen atoms in total. The lowest BCUT2D eigenvalue weighted by Gasteiger charge is -2.00. The molecule has 0 atom stereocenters. The third kappa shape index (κ3) is 5.35. The van der Waals surface area contributed by atoms with Gasteiger partial charge in [-0.05, 0) is 12.1 Å². The van der Waals surface area contributed by atoms with Crippen LogP contribution in [0.15, 0.2) is 99.9 Å². The monoisotopic (exact) mass is 514 g/mol. The molecule has 0 fully saturated rings. The lowest BCUT2D eigenvalue weighted by molar-refractivity contribution is -0.384. The summed E-state index contributed by atoms with van der Waals surface area (Å²) < 4.78 is 6.06. The van der Waals surface area contributed by atoms with E-state index in [1.54, 1.807) is 17.5 Å². The highest BCUT2D eigenvalue weighted by Gasteiger charge is 2.18. The van der Waals surface area contributed by atoms with Gasteiger partial charge in [0.1, 0.15) is 5.69 Å². The summed E-state index contributed by atoms with van der Waals surface area (Å²) in [5.74, 6) is 0.498. The van der Waals surface area contributed by atoms with Crippen LogP contribution < -0.4 is 5.32 Å². The molecule has 5 aromatic rings. The smallest absolute Gasteiger partial charge is 0.269 e. The van der Waals surface area contributed by atoms with Crippen LogP contribution in [0.2, 0.25) is 0 Å². The molecule has 0 radical (unpaired) electrons. The molecule has 0 aliphatic carbocycles. The first-order valence-electron chi connectivity index (χ1n) is 10.8. The van der Waals surface area contributed by atoms with Gasteiger partial charge >= 0.3 is 0 Å². The molecule has 0 saturated carbocycles. The zero-order chi connectivity index (χ0) is 24.9. The molecular weight excluding hydrogens is 496 g/mol. The molecule has 2 aromatic heterocycles. The van der Waals surface area contributed by atoms with Crippen molar-refractivity contribution in [3.63, 3.8) is 0 Å². The van der Waals surface area contributed by atoms with Gasteiger partial charge in [-0.3, -0.25) is 14.9 Å². The SMILES string of the molecule is O=C(CSc1nc(-c2ccccc2)c(-c2ccccc2)o1)Nc1nc(-c2ccc([N+](=O)[O-])cc2)cs1. The maximum Gasteiger partial charge on any atom is 0.269 e. The summed E-state index contributed by atoms with van der Waals surface area (Å²) in [4.78, 5) is 32.0. The lowest BCUT2D eigenvalue weighted by atomic mass is 10.1. The molecule has 0 unspecified atom stereocenters. The van der Waals surface area contributed by atoms with Crippen LogP contribution >= 0.6 is 23.1 Å². The summed E-state index contributed by atoms with van der Waals surface area (Å²) in [7, 11) is 0. The minimum absolute atomic E-state index is 0.0110. The summed E-state index contributed by atoms with van der Waals surface area (Å²) in [5, 5.41) is 16.2. The Hall–Kier alpha value is -4.28. The van der Waals surface area contributed by atoms with Gasteiger partial charge in [-0.1, -0.05) is 72.4 Å². The zero-order valence-corrected chi connectivity index (χ0v) is 20.3. The number of rotatable bonds is 8. The van der Waals surface area contributed by atoms with Gasteiger partial charge in [-0.25, -0.2) is 9.97 Å². The standard InChI is InChI=1S/C26H18N4O4S2/c31-22(28-25-27-21(15-35-25)17-11-13-20(14-12-17)30(32)33)16-36-26-29-23(18-7-3-1-4-8-18)24(34-26)19-9-5-2-6-10-19/h1-15H,16H2,(H,27,28,31). The highest BCUT2D eigenvalue weighted by atomic mass is 32.2. The fourth-order valence-corrected chi connectivity index (χ4v) is 4.80. The van der Waals surface area contributed by atoms with E-state index < -0.39 is 4.92 Å². The molecule has 2 heterocycles. The number of thioether (sulfide) groups is 1. The summed E-state index contributed by atoms with van der Waals surface area (Å²) in [6.07, 6.45) is 0. The summed E-state index contributed by atoms with van der Waals surface area (Å²) in [6.45, 7) is 0. The number of anilines is 1. The number of aromatic nitrogens is 2. The van der Waals surface area contributed by atoms with Gasteiger partial charge < -0.3 is 9.73 Å². The highest BCUT2D eigenvalue weighted by Crippen LogP contribution is 2.35. The van der Waals surface area contributed by atoms with E-state index in [1.165, 1.54) is 35.2 Å². The van der Waals surface area contributed by atoms with E-state index in [-0.39, 0.29) is 17.3 Å². The lowest BCUT2D eigenvalue weighted by Crippen LogP contribution is -2.13. The predicted octanol–water partition coefficient (Wildman–Crippen LogP) is 6.77. The molecule has 0 aliphatic rings. The maximum atomic E-state index is 12.6. The van der Waals surface area contributed by atoms with E-state index in [4.69, 9.17) is 4.42 Å². The first-order valence-corrected chi connectivity index (χ1v) is 12.7. The number of thiazole rings is 1. The van der Waals surface area contributed by atoms with Crippen molar-refractivity contribution in [1.29, 1.82) is 0 Å². The van der Waals surface area contributed by atoms with Gasteiger partial charge in [0.15, 0.2) is 10.9 Å². The number of non-ortho nitro benzene ring substituents is 1. The van der Waals surface area contributed by atoms with E-state index in [9.17, 15) is 14.9 Å². The number of nitrogens with zero attached hydrogens (tertiary/aromatic N) is 3. The number of amides is 1. The predicted molar refractivity (Wildman–Crippen MR) is 141 cm³/mol. The van der Waals surface area contributed by atoms with Crippen LogP contribution in [-0.2, 0) is 4.79 Å². The van der Waals surface area contributed by atoms with Gasteiger partial charge in [0.2, 0.25) is 5.91 Å². The van der Waals surface area contributed by atoms with Crippen molar-refractivity contribution in [1.82, 2.24) is 9.97 Å². The van der Waals surface area contributed by atoms with E-state index in [2.05, 4.69) is 15.3 Å². The molecule has 0 spiro atoms. The number of nitro benzene ring substituents is 1. The number of nitro groups is 1. The topological polar surface area (TPSA) is 111 Å². The Kier molecular flexibility index (Phi) is 6.87. The second-order valence-electron chi connectivity index (χ2n) is 7.57. The number of oxazole rings is 1. The molecule has 1 N–H and O–H groups in total. The molecule has 178 valence electrons. The summed E-state index contributed by atoms with van der Waals surface area (Å²) in [5.41, 5.74) is 3.92. The Morgan fingerprint density at radius 3 is 2.25 bits per heavy atom. The summed E-state index contributed by atoms with van der Waals surface area (Å²) >= 11 is 2.48. The number of carbonyl (C=O) groups is 1. The Morgan fingerprint density at radius 2 is 1.58 bits per heavy atom. The molecule has 0 aliphatic heterocycles. The Balaban J connectivity index is 1.26. The molecule has 5 rings (SSSR count). The second kappa shape index (κ2) is 10.5. The van der Waals surface area contributed by atoms with Crippen molar-refractivity contribution in [3.8, 4) is 33.8 Å². The van der Waals surface area contributed by atoms with E-state index in [0.29, 0.717) is 21.8 Å². The highest BCUT2D eigenvalue weighted by molar-refractivity contribution is 7.99. The molecule has 1 amide bonds. The molecule has 0 bridgehead atoms. The summed E-state index contributed by atoms with van der Waals surface area (Å²) in [6, 6.07) is 25.6.